The molecule has 1 heterocycles. The van der Waals surface area contributed by atoms with Crippen LogP contribution in [0.2, 0.25) is 0 Å². The van der Waals surface area contributed by atoms with Crippen LogP contribution in [0.15, 0.2) is 72.8 Å². The number of fused-ring (bicyclic) bond motifs is 1. The standard InChI is InChI=1S/C19H16N4/c20-14-7-5-13(6-8-14)19-22-17-3-1-2-4-18(17)23(19)16-11-9-15(21)10-12-16/h1-12H,20-21H2. The Morgan fingerprint density at radius 1 is 0.696 bits per heavy atom. The molecule has 0 spiro atoms. The van der Waals surface area contributed by atoms with Gasteiger partial charge in [0.15, 0.2) is 0 Å². The SMILES string of the molecule is Nc1ccc(-c2nc3ccccc3n2-c2ccc(N)cc2)cc1. The average Bonchev–Trinajstić information content (AvgIpc) is 2.96. The molecule has 4 N–H and O–H groups in total. The molecule has 0 radical (unpaired) electrons. The molecule has 4 heteroatoms. The monoisotopic (exact) mass is 300 g/mol. The van der Waals surface area contributed by atoms with Crippen molar-refractivity contribution >= 4 is 22.4 Å². The van der Waals surface area contributed by atoms with Crippen LogP contribution in [-0.4, -0.2) is 9.55 Å². The lowest BCUT2D eigenvalue weighted by Crippen LogP contribution is -1.98. The molecular formula is C19H16N4. The summed E-state index contributed by atoms with van der Waals surface area (Å²) in [6, 6.07) is 23.7. The van der Waals surface area contributed by atoms with Crippen molar-refractivity contribution in [1.29, 1.82) is 0 Å². The summed E-state index contributed by atoms with van der Waals surface area (Å²) in [6.45, 7) is 0. The first-order valence-electron chi connectivity index (χ1n) is 7.42. The third kappa shape index (κ3) is 2.30. The van der Waals surface area contributed by atoms with Crippen LogP contribution in [0.5, 0.6) is 0 Å². The summed E-state index contributed by atoms with van der Waals surface area (Å²) >= 11 is 0. The zero-order valence-electron chi connectivity index (χ0n) is 12.5. The fraction of sp³-hybridized carbons (Fsp3) is 0. The molecule has 0 aliphatic carbocycles. The Morgan fingerprint density at radius 2 is 1.30 bits per heavy atom. The van der Waals surface area contributed by atoms with Gasteiger partial charge in [0, 0.05) is 22.6 Å². The van der Waals surface area contributed by atoms with Crippen LogP contribution in [0.25, 0.3) is 28.1 Å². The fourth-order valence-corrected chi connectivity index (χ4v) is 2.74. The number of hydrogen-bond donors (Lipinski definition) is 2. The highest BCUT2D eigenvalue weighted by molar-refractivity contribution is 5.83. The maximum atomic E-state index is 5.82. The molecule has 4 nitrogen and oxygen atoms in total. The van der Waals surface area contributed by atoms with E-state index < -0.39 is 0 Å². The molecule has 1 aromatic heterocycles. The highest BCUT2D eigenvalue weighted by Gasteiger charge is 2.13. The first kappa shape index (κ1) is 13.4. The Balaban J connectivity index is 2.01. The molecule has 0 aliphatic heterocycles. The summed E-state index contributed by atoms with van der Waals surface area (Å²) in [5, 5.41) is 0. The van der Waals surface area contributed by atoms with Crippen molar-refractivity contribution in [3.8, 4) is 17.1 Å². The Bertz CT molecular complexity index is 967. The van der Waals surface area contributed by atoms with Crippen molar-refractivity contribution < 1.29 is 0 Å². The number of anilines is 2. The van der Waals surface area contributed by atoms with E-state index in [0.29, 0.717) is 0 Å². The second-order valence-electron chi connectivity index (χ2n) is 5.47. The number of nitrogens with two attached hydrogens (primary N) is 2. The third-order valence-electron chi connectivity index (χ3n) is 3.88. The zero-order valence-corrected chi connectivity index (χ0v) is 12.5. The van der Waals surface area contributed by atoms with Crippen LogP contribution < -0.4 is 11.5 Å². The maximum Gasteiger partial charge on any atom is 0.145 e. The van der Waals surface area contributed by atoms with Gasteiger partial charge < -0.3 is 11.5 Å². The number of nitrogen functional groups attached to an aromatic ring is 2. The van der Waals surface area contributed by atoms with E-state index in [1.807, 2.05) is 66.7 Å². The molecule has 0 fully saturated rings. The van der Waals surface area contributed by atoms with Gasteiger partial charge in [-0.25, -0.2) is 4.98 Å². The van der Waals surface area contributed by atoms with Crippen molar-refractivity contribution in [3.05, 3.63) is 72.8 Å². The van der Waals surface area contributed by atoms with Crippen molar-refractivity contribution in [1.82, 2.24) is 9.55 Å². The Hall–Kier alpha value is -3.27. The average molecular weight is 300 g/mol. The molecular weight excluding hydrogens is 284 g/mol. The first-order valence-corrected chi connectivity index (χ1v) is 7.42. The minimum atomic E-state index is 0.740. The highest BCUT2D eigenvalue weighted by atomic mass is 15.1. The van der Waals surface area contributed by atoms with E-state index in [-0.39, 0.29) is 0 Å². The van der Waals surface area contributed by atoms with E-state index in [1.165, 1.54) is 0 Å². The van der Waals surface area contributed by atoms with Gasteiger partial charge >= 0.3 is 0 Å². The predicted molar refractivity (Wildman–Crippen MR) is 95.3 cm³/mol. The van der Waals surface area contributed by atoms with Gasteiger partial charge in [-0.15, -0.1) is 0 Å². The lowest BCUT2D eigenvalue weighted by atomic mass is 10.2. The van der Waals surface area contributed by atoms with E-state index in [2.05, 4.69) is 10.6 Å². The van der Waals surface area contributed by atoms with Crippen molar-refractivity contribution in [2.75, 3.05) is 11.5 Å². The van der Waals surface area contributed by atoms with E-state index in [9.17, 15) is 0 Å². The zero-order chi connectivity index (χ0) is 15.8. The summed E-state index contributed by atoms with van der Waals surface area (Å²) in [6.07, 6.45) is 0. The van der Waals surface area contributed by atoms with Gasteiger partial charge in [0.2, 0.25) is 0 Å². The molecule has 3 aromatic carbocycles. The predicted octanol–water partition coefficient (Wildman–Crippen LogP) is 3.86. The number of aromatic nitrogens is 2. The van der Waals surface area contributed by atoms with Crippen LogP contribution in [0, 0.1) is 0 Å². The molecule has 4 rings (SSSR count). The molecule has 23 heavy (non-hydrogen) atoms. The van der Waals surface area contributed by atoms with Gasteiger partial charge in [0.25, 0.3) is 0 Å². The Morgan fingerprint density at radius 3 is 2.00 bits per heavy atom. The van der Waals surface area contributed by atoms with Crippen LogP contribution in [0.1, 0.15) is 0 Å². The summed E-state index contributed by atoms with van der Waals surface area (Å²) in [7, 11) is 0. The maximum absolute atomic E-state index is 5.82. The number of imidazole rings is 1. The topological polar surface area (TPSA) is 69.9 Å². The van der Waals surface area contributed by atoms with E-state index >= 15 is 0 Å². The molecule has 0 atom stereocenters. The van der Waals surface area contributed by atoms with Gasteiger partial charge in [-0.2, -0.15) is 0 Å². The molecule has 0 amide bonds. The van der Waals surface area contributed by atoms with Crippen molar-refractivity contribution in [2.24, 2.45) is 0 Å². The van der Waals surface area contributed by atoms with Gasteiger partial charge in [0.05, 0.1) is 11.0 Å². The summed E-state index contributed by atoms with van der Waals surface area (Å²) in [5.41, 5.74) is 17.2. The van der Waals surface area contributed by atoms with Gasteiger partial charge in [-0.05, 0) is 60.7 Å². The van der Waals surface area contributed by atoms with Crippen LogP contribution >= 0.6 is 0 Å². The lowest BCUT2D eigenvalue weighted by molar-refractivity contribution is 1.10. The quantitative estimate of drug-likeness (QED) is 0.552. The molecule has 112 valence electrons. The van der Waals surface area contributed by atoms with E-state index in [4.69, 9.17) is 16.5 Å². The van der Waals surface area contributed by atoms with Crippen molar-refractivity contribution in [3.63, 3.8) is 0 Å². The second kappa shape index (κ2) is 5.18. The minimum Gasteiger partial charge on any atom is -0.399 e. The largest absolute Gasteiger partial charge is 0.399 e. The number of nitrogens with zero attached hydrogens (tertiary/aromatic N) is 2. The van der Waals surface area contributed by atoms with E-state index in [0.717, 1.165) is 39.5 Å². The molecule has 0 saturated carbocycles. The van der Waals surface area contributed by atoms with Gasteiger partial charge in [-0.3, -0.25) is 4.57 Å². The molecule has 0 aliphatic rings. The smallest absolute Gasteiger partial charge is 0.145 e. The summed E-state index contributed by atoms with van der Waals surface area (Å²) in [4.78, 5) is 4.80. The fourth-order valence-electron chi connectivity index (χ4n) is 2.74. The van der Waals surface area contributed by atoms with Crippen LogP contribution in [-0.2, 0) is 0 Å². The normalized spacial score (nSPS) is 11.0. The number of rotatable bonds is 2. The van der Waals surface area contributed by atoms with E-state index in [1.54, 1.807) is 0 Å². The van der Waals surface area contributed by atoms with Crippen molar-refractivity contribution in [2.45, 2.75) is 0 Å². The number of hydrogen-bond acceptors (Lipinski definition) is 3. The highest BCUT2D eigenvalue weighted by Crippen LogP contribution is 2.29. The van der Waals surface area contributed by atoms with Gasteiger partial charge in [0.1, 0.15) is 5.82 Å². The molecule has 0 saturated heterocycles. The Labute approximate surface area is 134 Å². The third-order valence-corrected chi connectivity index (χ3v) is 3.88. The van der Waals surface area contributed by atoms with Crippen LogP contribution in [0.3, 0.4) is 0 Å². The summed E-state index contributed by atoms with van der Waals surface area (Å²) in [5.74, 6) is 0.885. The first-order chi connectivity index (χ1) is 11.2. The molecule has 0 bridgehead atoms. The number of benzene rings is 3. The Kier molecular flexibility index (Phi) is 3.01. The summed E-state index contributed by atoms with van der Waals surface area (Å²) < 4.78 is 2.14. The molecule has 0 unspecified atom stereocenters. The lowest BCUT2D eigenvalue weighted by Gasteiger charge is -2.10. The number of para-hydroxylation sites is 2. The minimum absolute atomic E-state index is 0.740. The second-order valence-corrected chi connectivity index (χ2v) is 5.47. The van der Waals surface area contributed by atoms with Crippen LogP contribution in [0.4, 0.5) is 11.4 Å². The van der Waals surface area contributed by atoms with Gasteiger partial charge in [-0.1, -0.05) is 12.1 Å². The molecule has 4 aromatic rings.